The van der Waals surface area contributed by atoms with Crippen molar-refractivity contribution >= 4 is 22.4 Å². The summed E-state index contributed by atoms with van der Waals surface area (Å²) >= 11 is 0. The fourth-order valence-corrected chi connectivity index (χ4v) is 2.69. The second-order valence-electron chi connectivity index (χ2n) is 5.06. The molecule has 3 aromatic rings. The van der Waals surface area contributed by atoms with E-state index in [0.717, 1.165) is 10.9 Å². The number of hydrogen-bond acceptors (Lipinski definition) is 4. The molecule has 6 heteroatoms. The molecule has 0 saturated carbocycles. The van der Waals surface area contributed by atoms with Crippen molar-refractivity contribution in [2.75, 3.05) is 6.61 Å². The summed E-state index contributed by atoms with van der Waals surface area (Å²) in [6.45, 7) is 2.31. The highest BCUT2D eigenvalue weighted by Crippen LogP contribution is 2.21. The lowest BCUT2D eigenvalue weighted by Gasteiger charge is -2.10. The number of nitrogens with zero attached hydrogens (tertiary/aromatic N) is 3. The molecule has 2 aromatic heterocycles. The fourth-order valence-electron chi connectivity index (χ4n) is 2.69. The van der Waals surface area contributed by atoms with Crippen molar-refractivity contribution in [2.45, 2.75) is 19.9 Å². The highest BCUT2D eigenvalue weighted by molar-refractivity contribution is 5.98. The highest BCUT2D eigenvalue weighted by Gasteiger charge is 2.15. The monoisotopic (exact) mass is 309 g/mol. The van der Waals surface area contributed by atoms with E-state index in [1.54, 1.807) is 17.6 Å². The molecule has 0 spiro atoms. The van der Waals surface area contributed by atoms with Crippen LogP contribution in [0.5, 0.6) is 0 Å². The lowest BCUT2D eigenvalue weighted by Crippen LogP contribution is -2.26. The number of rotatable bonds is 4. The molecule has 3 rings (SSSR count). The molecule has 0 amide bonds. The number of ether oxygens (including phenoxy) is 1. The van der Waals surface area contributed by atoms with Crippen molar-refractivity contribution in [3.8, 4) is 6.07 Å². The summed E-state index contributed by atoms with van der Waals surface area (Å²) in [5.74, 6) is -0.455. The molecule has 0 atom stereocenters. The number of nitriles is 1. The Hall–Kier alpha value is -3.07. The summed E-state index contributed by atoms with van der Waals surface area (Å²) < 4.78 is 7.99. The predicted molar refractivity (Wildman–Crippen MR) is 85.3 cm³/mol. The second kappa shape index (κ2) is 5.97. The molecule has 0 fully saturated rings. The van der Waals surface area contributed by atoms with Crippen LogP contribution in [0.1, 0.15) is 23.7 Å². The summed E-state index contributed by atoms with van der Waals surface area (Å²) in [5.41, 5.74) is 1.47. The fraction of sp³-hybridized carbons (Fsp3) is 0.235. The molecule has 0 bridgehead atoms. The van der Waals surface area contributed by atoms with Crippen molar-refractivity contribution < 1.29 is 9.53 Å². The average molecular weight is 309 g/mol. The molecule has 23 heavy (non-hydrogen) atoms. The van der Waals surface area contributed by atoms with E-state index in [-0.39, 0.29) is 18.7 Å². The number of benzene rings is 1. The zero-order valence-corrected chi connectivity index (χ0v) is 12.7. The number of esters is 1. The van der Waals surface area contributed by atoms with Gasteiger partial charge in [0.1, 0.15) is 0 Å². The first kappa shape index (κ1) is 14.9. The molecule has 0 aliphatic carbocycles. The molecule has 2 heterocycles. The number of aromatic nitrogens is 2. The zero-order chi connectivity index (χ0) is 16.4. The van der Waals surface area contributed by atoms with Crippen LogP contribution in [0.4, 0.5) is 0 Å². The van der Waals surface area contributed by atoms with Gasteiger partial charge < -0.3 is 4.74 Å². The van der Waals surface area contributed by atoms with Gasteiger partial charge in [0.15, 0.2) is 0 Å². The Kier molecular flexibility index (Phi) is 3.85. The molecule has 1 aromatic carbocycles. The lowest BCUT2D eigenvalue weighted by atomic mass is 10.2. The minimum atomic E-state index is -0.455. The summed E-state index contributed by atoms with van der Waals surface area (Å²) in [7, 11) is 0. The second-order valence-corrected chi connectivity index (χ2v) is 5.06. The molecule has 6 nitrogen and oxygen atoms in total. The Morgan fingerprint density at radius 3 is 2.83 bits per heavy atom. The van der Waals surface area contributed by atoms with Gasteiger partial charge in [0.25, 0.3) is 0 Å². The summed E-state index contributed by atoms with van der Waals surface area (Å²) in [5, 5.41) is 9.65. The van der Waals surface area contributed by atoms with E-state index in [4.69, 9.17) is 10.00 Å². The Labute approximate surface area is 132 Å². The van der Waals surface area contributed by atoms with Gasteiger partial charge >= 0.3 is 11.7 Å². The van der Waals surface area contributed by atoms with Crippen molar-refractivity contribution in [2.24, 2.45) is 0 Å². The SMILES string of the molecule is CCOC(=O)c1cc2c3ccccc3n(CCC#N)c(=O)n2c1. The predicted octanol–water partition coefficient (Wildman–Crippen LogP) is 2.34. The first-order valence-corrected chi connectivity index (χ1v) is 7.35. The van der Waals surface area contributed by atoms with Crippen molar-refractivity contribution in [3.63, 3.8) is 0 Å². The number of fused-ring (bicyclic) bond motifs is 3. The van der Waals surface area contributed by atoms with Crippen LogP contribution in [0.25, 0.3) is 16.4 Å². The first-order valence-electron chi connectivity index (χ1n) is 7.35. The number of aryl methyl sites for hydroxylation is 1. The highest BCUT2D eigenvalue weighted by atomic mass is 16.5. The van der Waals surface area contributed by atoms with Crippen LogP contribution in [-0.2, 0) is 11.3 Å². The van der Waals surface area contributed by atoms with Crippen LogP contribution < -0.4 is 5.69 Å². The van der Waals surface area contributed by atoms with Gasteiger partial charge in [0.2, 0.25) is 0 Å². The maximum atomic E-state index is 12.7. The molecular formula is C17H15N3O3. The van der Waals surface area contributed by atoms with E-state index in [1.807, 2.05) is 24.3 Å². The third-order valence-corrected chi connectivity index (χ3v) is 3.69. The summed E-state index contributed by atoms with van der Waals surface area (Å²) in [6, 6.07) is 11.2. The van der Waals surface area contributed by atoms with Crippen LogP contribution in [-0.4, -0.2) is 21.5 Å². The Morgan fingerprint density at radius 1 is 1.30 bits per heavy atom. The molecule has 0 radical (unpaired) electrons. The molecular weight excluding hydrogens is 294 g/mol. The topological polar surface area (TPSA) is 76.5 Å². The first-order chi connectivity index (χ1) is 11.2. The van der Waals surface area contributed by atoms with Gasteiger partial charge in [-0.1, -0.05) is 18.2 Å². The minimum Gasteiger partial charge on any atom is -0.462 e. The number of carbonyl (C=O) groups excluding carboxylic acids is 1. The molecule has 116 valence electrons. The van der Waals surface area contributed by atoms with Gasteiger partial charge in [-0.25, -0.2) is 9.59 Å². The smallest absolute Gasteiger partial charge is 0.339 e. The van der Waals surface area contributed by atoms with Crippen molar-refractivity contribution in [1.29, 1.82) is 5.26 Å². The van der Waals surface area contributed by atoms with E-state index in [2.05, 4.69) is 6.07 Å². The molecule has 0 saturated heterocycles. The van der Waals surface area contributed by atoms with Crippen LogP contribution in [0.15, 0.2) is 41.3 Å². The zero-order valence-electron chi connectivity index (χ0n) is 12.7. The normalized spacial score (nSPS) is 10.8. The number of carbonyl (C=O) groups is 1. The van der Waals surface area contributed by atoms with E-state index in [0.29, 0.717) is 17.6 Å². The molecule has 0 aliphatic rings. The van der Waals surface area contributed by atoms with Crippen molar-refractivity contribution in [1.82, 2.24) is 8.97 Å². The van der Waals surface area contributed by atoms with E-state index in [1.165, 1.54) is 10.6 Å². The van der Waals surface area contributed by atoms with Gasteiger partial charge in [0.05, 0.1) is 35.7 Å². The van der Waals surface area contributed by atoms with E-state index < -0.39 is 5.97 Å². The van der Waals surface area contributed by atoms with Gasteiger partial charge in [-0.15, -0.1) is 0 Å². The molecule has 0 N–H and O–H groups in total. The van der Waals surface area contributed by atoms with Gasteiger partial charge in [-0.05, 0) is 19.1 Å². The third kappa shape index (κ3) is 2.46. The molecule has 0 unspecified atom stereocenters. The minimum absolute atomic E-state index is 0.238. The quantitative estimate of drug-likeness (QED) is 0.693. The Bertz CT molecular complexity index is 992. The van der Waals surface area contributed by atoms with Gasteiger partial charge in [0, 0.05) is 18.1 Å². The Balaban J connectivity index is 2.32. The largest absolute Gasteiger partial charge is 0.462 e. The maximum Gasteiger partial charge on any atom is 0.339 e. The van der Waals surface area contributed by atoms with Crippen LogP contribution >= 0.6 is 0 Å². The summed E-state index contributed by atoms with van der Waals surface area (Å²) in [4.78, 5) is 24.6. The maximum absolute atomic E-state index is 12.7. The standard InChI is InChI=1S/C17H15N3O3/c1-2-23-16(21)12-10-15-13-6-3-4-7-14(13)19(9-5-8-18)17(22)20(15)11-12/h3-4,6-7,10-11H,2,5,9H2,1H3. The molecule has 0 aliphatic heterocycles. The number of hydrogen-bond donors (Lipinski definition) is 0. The van der Waals surface area contributed by atoms with Gasteiger partial charge in [-0.3, -0.25) is 8.97 Å². The Morgan fingerprint density at radius 2 is 2.09 bits per heavy atom. The van der Waals surface area contributed by atoms with Crippen LogP contribution in [0, 0.1) is 11.3 Å². The number of para-hydroxylation sites is 1. The van der Waals surface area contributed by atoms with Crippen molar-refractivity contribution in [3.05, 3.63) is 52.6 Å². The third-order valence-electron chi connectivity index (χ3n) is 3.69. The van der Waals surface area contributed by atoms with Crippen LogP contribution in [0.3, 0.4) is 0 Å². The van der Waals surface area contributed by atoms with E-state index >= 15 is 0 Å². The average Bonchev–Trinajstić information content (AvgIpc) is 3.01. The van der Waals surface area contributed by atoms with Gasteiger partial charge in [-0.2, -0.15) is 5.26 Å². The lowest BCUT2D eigenvalue weighted by molar-refractivity contribution is 0.0526. The summed E-state index contributed by atoms with van der Waals surface area (Å²) in [6.07, 6.45) is 1.73. The van der Waals surface area contributed by atoms with E-state index in [9.17, 15) is 9.59 Å². The van der Waals surface area contributed by atoms with Crippen LogP contribution in [0.2, 0.25) is 0 Å².